The summed E-state index contributed by atoms with van der Waals surface area (Å²) in [4.78, 5) is 1.28. The minimum absolute atomic E-state index is 0.0613. The maximum absolute atomic E-state index is 6.12. The van der Waals surface area contributed by atoms with E-state index in [9.17, 15) is 0 Å². The zero-order valence-corrected chi connectivity index (χ0v) is 8.99. The molecule has 0 aliphatic rings. The van der Waals surface area contributed by atoms with Crippen molar-refractivity contribution in [1.82, 2.24) is 0 Å². The SMILES string of the molecule is Cc1ccsc1C(N)c1ccsc1. The average Bonchev–Trinajstić information content (AvgIpc) is 2.72. The van der Waals surface area contributed by atoms with E-state index in [0.29, 0.717) is 0 Å². The topological polar surface area (TPSA) is 26.0 Å². The van der Waals surface area contributed by atoms with Crippen molar-refractivity contribution in [3.63, 3.8) is 0 Å². The van der Waals surface area contributed by atoms with Crippen LogP contribution in [0, 0.1) is 6.92 Å². The smallest absolute Gasteiger partial charge is 0.0656 e. The predicted molar refractivity (Wildman–Crippen MR) is 59.4 cm³/mol. The Kier molecular flexibility index (Phi) is 2.49. The minimum atomic E-state index is 0.0613. The third kappa shape index (κ3) is 1.68. The molecule has 1 unspecified atom stereocenters. The summed E-state index contributed by atoms with van der Waals surface area (Å²) in [5.41, 5.74) is 8.64. The maximum atomic E-state index is 6.12. The van der Waals surface area contributed by atoms with E-state index in [1.54, 1.807) is 22.7 Å². The van der Waals surface area contributed by atoms with Gasteiger partial charge in [-0.2, -0.15) is 11.3 Å². The summed E-state index contributed by atoms with van der Waals surface area (Å²) < 4.78 is 0. The maximum Gasteiger partial charge on any atom is 0.0656 e. The lowest BCUT2D eigenvalue weighted by Gasteiger charge is -2.08. The van der Waals surface area contributed by atoms with Gasteiger partial charge in [-0.25, -0.2) is 0 Å². The van der Waals surface area contributed by atoms with Gasteiger partial charge in [0.2, 0.25) is 0 Å². The molecule has 0 bridgehead atoms. The summed E-state index contributed by atoms with van der Waals surface area (Å²) in [6.07, 6.45) is 0. The fourth-order valence-corrected chi connectivity index (χ4v) is 2.96. The molecule has 2 aromatic rings. The summed E-state index contributed by atoms with van der Waals surface area (Å²) in [6.45, 7) is 2.11. The second kappa shape index (κ2) is 3.62. The van der Waals surface area contributed by atoms with Crippen LogP contribution in [0.2, 0.25) is 0 Å². The van der Waals surface area contributed by atoms with Gasteiger partial charge in [-0.15, -0.1) is 11.3 Å². The van der Waals surface area contributed by atoms with E-state index in [2.05, 4.69) is 35.2 Å². The Balaban J connectivity index is 2.33. The Hall–Kier alpha value is -0.640. The fourth-order valence-electron chi connectivity index (χ4n) is 1.31. The molecule has 2 heterocycles. The van der Waals surface area contributed by atoms with Gasteiger partial charge < -0.3 is 5.73 Å². The van der Waals surface area contributed by atoms with Gasteiger partial charge in [-0.05, 0) is 46.3 Å². The standard InChI is InChI=1S/C10H11NS2/c1-7-2-5-13-10(7)9(11)8-3-4-12-6-8/h2-6,9H,11H2,1H3. The molecule has 2 N–H and O–H groups in total. The van der Waals surface area contributed by atoms with Gasteiger partial charge in [-0.3, -0.25) is 0 Å². The molecule has 0 amide bonds. The lowest BCUT2D eigenvalue weighted by atomic mass is 10.1. The predicted octanol–water partition coefficient (Wildman–Crippen LogP) is 3.17. The number of hydrogen-bond acceptors (Lipinski definition) is 3. The molecule has 0 fully saturated rings. The molecule has 2 rings (SSSR count). The van der Waals surface area contributed by atoms with Gasteiger partial charge in [0.25, 0.3) is 0 Å². The first-order valence-electron chi connectivity index (χ1n) is 4.10. The highest BCUT2D eigenvalue weighted by molar-refractivity contribution is 7.10. The Morgan fingerprint density at radius 1 is 1.31 bits per heavy atom. The van der Waals surface area contributed by atoms with Gasteiger partial charge in [0, 0.05) is 4.88 Å². The van der Waals surface area contributed by atoms with Crippen LogP contribution in [0.1, 0.15) is 22.0 Å². The minimum Gasteiger partial charge on any atom is -0.320 e. The number of hydrogen-bond donors (Lipinski definition) is 1. The molecule has 1 atom stereocenters. The number of rotatable bonds is 2. The lowest BCUT2D eigenvalue weighted by molar-refractivity contribution is 0.891. The monoisotopic (exact) mass is 209 g/mol. The molecule has 0 aromatic carbocycles. The number of nitrogens with two attached hydrogens (primary N) is 1. The summed E-state index contributed by atoms with van der Waals surface area (Å²) in [6, 6.07) is 4.27. The van der Waals surface area contributed by atoms with Gasteiger partial charge in [-0.1, -0.05) is 0 Å². The first-order chi connectivity index (χ1) is 6.29. The van der Waals surface area contributed by atoms with Crippen molar-refractivity contribution in [2.45, 2.75) is 13.0 Å². The molecule has 2 aromatic heterocycles. The molecular formula is C10H11NS2. The molecule has 13 heavy (non-hydrogen) atoms. The molecule has 0 saturated carbocycles. The van der Waals surface area contributed by atoms with Crippen molar-refractivity contribution in [1.29, 1.82) is 0 Å². The first-order valence-corrected chi connectivity index (χ1v) is 5.93. The van der Waals surface area contributed by atoms with E-state index >= 15 is 0 Å². The Morgan fingerprint density at radius 2 is 2.15 bits per heavy atom. The highest BCUT2D eigenvalue weighted by Gasteiger charge is 2.12. The first kappa shape index (κ1) is 8.94. The van der Waals surface area contributed by atoms with Crippen LogP contribution in [0.3, 0.4) is 0 Å². The van der Waals surface area contributed by atoms with Crippen LogP contribution >= 0.6 is 22.7 Å². The zero-order chi connectivity index (χ0) is 9.26. The average molecular weight is 209 g/mol. The molecule has 3 heteroatoms. The van der Waals surface area contributed by atoms with Crippen molar-refractivity contribution in [3.05, 3.63) is 44.3 Å². The van der Waals surface area contributed by atoms with Crippen molar-refractivity contribution in [2.24, 2.45) is 5.73 Å². The van der Waals surface area contributed by atoms with Crippen molar-refractivity contribution in [3.8, 4) is 0 Å². The van der Waals surface area contributed by atoms with E-state index < -0.39 is 0 Å². The Labute approximate surface area is 85.8 Å². The number of aryl methyl sites for hydroxylation is 1. The molecular weight excluding hydrogens is 198 g/mol. The summed E-state index contributed by atoms with van der Waals surface area (Å²) in [5, 5.41) is 6.28. The summed E-state index contributed by atoms with van der Waals surface area (Å²) >= 11 is 3.43. The van der Waals surface area contributed by atoms with Crippen LogP contribution in [0.4, 0.5) is 0 Å². The second-order valence-electron chi connectivity index (χ2n) is 3.00. The van der Waals surface area contributed by atoms with Gasteiger partial charge in [0.1, 0.15) is 0 Å². The van der Waals surface area contributed by atoms with Crippen molar-refractivity contribution >= 4 is 22.7 Å². The summed E-state index contributed by atoms with van der Waals surface area (Å²) in [7, 11) is 0. The lowest BCUT2D eigenvalue weighted by Crippen LogP contribution is -2.09. The molecule has 0 saturated heterocycles. The Bertz CT molecular complexity index is 375. The molecule has 0 radical (unpaired) electrons. The van der Waals surface area contributed by atoms with Crippen LogP contribution in [-0.4, -0.2) is 0 Å². The molecule has 0 spiro atoms. The molecule has 68 valence electrons. The van der Waals surface area contributed by atoms with E-state index in [4.69, 9.17) is 5.73 Å². The third-order valence-electron chi connectivity index (χ3n) is 2.09. The molecule has 0 aliphatic heterocycles. The van der Waals surface area contributed by atoms with Crippen molar-refractivity contribution < 1.29 is 0 Å². The normalized spacial score (nSPS) is 13.1. The highest BCUT2D eigenvalue weighted by Crippen LogP contribution is 2.28. The van der Waals surface area contributed by atoms with Crippen LogP contribution in [0.15, 0.2) is 28.3 Å². The van der Waals surface area contributed by atoms with Crippen LogP contribution < -0.4 is 5.73 Å². The quantitative estimate of drug-likeness (QED) is 0.807. The largest absolute Gasteiger partial charge is 0.320 e. The fraction of sp³-hybridized carbons (Fsp3) is 0.200. The van der Waals surface area contributed by atoms with E-state index in [1.165, 1.54) is 16.0 Å². The Morgan fingerprint density at radius 3 is 2.69 bits per heavy atom. The summed E-state index contributed by atoms with van der Waals surface area (Å²) in [5.74, 6) is 0. The van der Waals surface area contributed by atoms with Crippen LogP contribution in [0.25, 0.3) is 0 Å². The van der Waals surface area contributed by atoms with Gasteiger partial charge in [0.15, 0.2) is 0 Å². The van der Waals surface area contributed by atoms with E-state index in [1.807, 2.05) is 0 Å². The van der Waals surface area contributed by atoms with Crippen LogP contribution in [-0.2, 0) is 0 Å². The number of thiophene rings is 2. The molecule has 1 nitrogen and oxygen atoms in total. The zero-order valence-electron chi connectivity index (χ0n) is 7.36. The van der Waals surface area contributed by atoms with Gasteiger partial charge >= 0.3 is 0 Å². The van der Waals surface area contributed by atoms with E-state index in [-0.39, 0.29) is 6.04 Å². The van der Waals surface area contributed by atoms with Crippen LogP contribution in [0.5, 0.6) is 0 Å². The van der Waals surface area contributed by atoms with Gasteiger partial charge in [0.05, 0.1) is 6.04 Å². The second-order valence-corrected chi connectivity index (χ2v) is 4.73. The highest BCUT2D eigenvalue weighted by atomic mass is 32.1. The third-order valence-corrected chi connectivity index (χ3v) is 3.89. The van der Waals surface area contributed by atoms with E-state index in [0.717, 1.165) is 0 Å². The van der Waals surface area contributed by atoms with Crippen molar-refractivity contribution in [2.75, 3.05) is 0 Å². The molecule has 0 aliphatic carbocycles.